The summed E-state index contributed by atoms with van der Waals surface area (Å²) in [5, 5.41) is 8.25. The first kappa shape index (κ1) is 29.6. The van der Waals surface area contributed by atoms with Gasteiger partial charge in [-0.3, -0.25) is 0 Å². The van der Waals surface area contributed by atoms with Crippen molar-refractivity contribution in [2.75, 3.05) is 0 Å². The summed E-state index contributed by atoms with van der Waals surface area (Å²) in [6.07, 6.45) is 0. The van der Waals surface area contributed by atoms with E-state index in [1.54, 1.807) is 0 Å². The Bertz CT molecular complexity index is 3180. The SMILES string of the molecule is c1ccc(-c2c3ccccc3nc3c2ccc2ccc(-c4ccc5cc(-c6cccc(-n7c8ccccc8c8ccccc87)c6)ccc5c4)nc23)cc1. The summed E-state index contributed by atoms with van der Waals surface area (Å²) in [7, 11) is 0. The maximum Gasteiger partial charge on any atom is 0.0978 e. The summed E-state index contributed by atoms with van der Waals surface area (Å²) in [5.41, 5.74) is 13.2. The molecule has 246 valence electrons. The average Bonchev–Trinajstić information content (AvgIpc) is 3.57. The number of para-hydroxylation sites is 3. The fourth-order valence-corrected chi connectivity index (χ4v) is 8.22. The smallest absolute Gasteiger partial charge is 0.0978 e. The van der Waals surface area contributed by atoms with Crippen molar-refractivity contribution < 1.29 is 0 Å². The molecule has 0 amide bonds. The third-order valence-electron chi connectivity index (χ3n) is 10.7. The van der Waals surface area contributed by atoms with E-state index >= 15 is 0 Å². The topological polar surface area (TPSA) is 30.7 Å². The van der Waals surface area contributed by atoms with Crippen LogP contribution in [0.5, 0.6) is 0 Å². The maximum atomic E-state index is 5.30. The van der Waals surface area contributed by atoms with Gasteiger partial charge in [0.25, 0.3) is 0 Å². The second-order valence-electron chi connectivity index (χ2n) is 13.8. The monoisotopic (exact) mass is 673 g/mol. The van der Waals surface area contributed by atoms with Gasteiger partial charge in [0.15, 0.2) is 0 Å². The Balaban J connectivity index is 0.999. The zero-order valence-electron chi connectivity index (χ0n) is 28.7. The van der Waals surface area contributed by atoms with Crippen molar-refractivity contribution in [3.63, 3.8) is 0 Å². The number of hydrogen-bond donors (Lipinski definition) is 0. The van der Waals surface area contributed by atoms with E-state index in [9.17, 15) is 0 Å². The van der Waals surface area contributed by atoms with Crippen molar-refractivity contribution in [1.29, 1.82) is 0 Å². The lowest BCUT2D eigenvalue weighted by Gasteiger charge is -2.13. The Labute approximate surface area is 306 Å². The minimum atomic E-state index is 0.918. The van der Waals surface area contributed by atoms with Crippen molar-refractivity contribution >= 4 is 65.3 Å². The molecule has 3 heterocycles. The predicted molar refractivity (Wildman–Crippen MR) is 223 cm³/mol. The summed E-state index contributed by atoms with van der Waals surface area (Å²) < 4.78 is 2.38. The Kier molecular flexibility index (Phi) is 6.55. The van der Waals surface area contributed by atoms with Crippen LogP contribution in [0.4, 0.5) is 0 Å². The fraction of sp³-hybridized carbons (Fsp3) is 0. The van der Waals surface area contributed by atoms with Crippen molar-refractivity contribution in [2.24, 2.45) is 0 Å². The van der Waals surface area contributed by atoms with Gasteiger partial charge in [0.05, 0.1) is 33.3 Å². The summed E-state index contributed by atoms with van der Waals surface area (Å²) in [6, 6.07) is 67.4. The van der Waals surface area contributed by atoms with Gasteiger partial charge in [-0.15, -0.1) is 0 Å². The van der Waals surface area contributed by atoms with E-state index in [1.807, 2.05) is 0 Å². The lowest BCUT2D eigenvalue weighted by Crippen LogP contribution is -1.94. The minimum Gasteiger partial charge on any atom is -0.309 e. The van der Waals surface area contributed by atoms with E-state index in [-0.39, 0.29) is 0 Å². The first-order valence-electron chi connectivity index (χ1n) is 18.1. The van der Waals surface area contributed by atoms with Gasteiger partial charge in [0, 0.05) is 43.7 Å². The maximum absolute atomic E-state index is 5.30. The molecule has 0 unspecified atom stereocenters. The molecule has 11 rings (SSSR count). The molecule has 53 heavy (non-hydrogen) atoms. The van der Waals surface area contributed by atoms with Gasteiger partial charge < -0.3 is 4.57 Å². The standard InChI is InChI=1S/C50H31N3/c1-2-11-32(12-3-1)48-42-17-4-7-18-45(42)52-50-43(48)27-25-33-26-28-44(51-49(33)50)38-24-23-36-29-35(21-22-37(36)30-38)34-13-10-14-39(31-34)53-46-19-8-5-15-40(46)41-16-6-9-20-47(41)53/h1-31H. The second-order valence-corrected chi connectivity index (χ2v) is 13.8. The highest BCUT2D eigenvalue weighted by Crippen LogP contribution is 2.38. The zero-order valence-corrected chi connectivity index (χ0v) is 28.7. The molecule has 3 aromatic heterocycles. The molecule has 0 bridgehead atoms. The Morgan fingerprint density at radius 1 is 0.340 bits per heavy atom. The number of hydrogen-bond acceptors (Lipinski definition) is 2. The molecule has 0 saturated carbocycles. The molecule has 0 spiro atoms. The minimum absolute atomic E-state index is 0.918. The van der Waals surface area contributed by atoms with Gasteiger partial charge in [-0.1, -0.05) is 140 Å². The van der Waals surface area contributed by atoms with E-state index in [4.69, 9.17) is 9.97 Å². The van der Waals surface area contributed by atoms with E-state index in [0.717, 1.165) is 49.7 Å². The third-order valence-corrected chi connectivity index (χ3v) is 10.7. The van der Waals surface area contributed by atoms with Crippen molar-refractivity contribution in [3.8, 4) is 39.2 Å². The molecule has 0 aliphatic carbocycles. The molecule has 3 heteroatoms. The van der Waals surface area contributed by atoms with Crippen LogP contribution in [0.1, 0.15) is 0 Å². The highest BCUT2D eigenvalue weighted by Gasteiger charge is 2.16. The molecular weight excluding hydrogens is 643 g/mol. The lowest BCUT2D eigenvalue weighted by atomic mass is 9.95. The number of rotatable bonds is 4. The first-order valence-corrected chi connectivity index (χ1v) is 18.1. The molecule has 0 aliphatic rings. The normalized spacial score (nSPS) is 11.8. The van der Waals surface area contributed by atoms with Gasteiger partial charge >= 0.3 is 0 Å². The summed E-state index contributed by atoms with van der Waals surface area (Å²) in [4.78, 5) is 10.5. The van der Waals surface area contributed by atoms with E-state index in [2.05, 4.69) is 193 Å². The van der Waals surface area contributed by atoms with Crippen LogP contribution in [-0.4, -0.2) is 14.5 Å². The van der Waals surface area contributed by atoms with Gasteiger partial charge in [0.1, 0.15) is 0 Å². The Hall–Kier alpha value is -7.10. The van der Waals surface area contributed by atoms with E-state index in [0.29, 0.717) is 0 Å². The molecular formula is C50H31N3. The highest BCUT2D eigenvalue weighted by molar-refractivity contribution is 6.16. The molecule has 0 saturated heterocycles. The van der Waals surface area contributed by atoms with E-state index in [1.165, 1.54) is 54.8 Å². The van der Waals surface area contributed by atoms with Gasteiger partial charge in [-0.05, 0) is 76.0 Å². The lowest BCUT2D eigenvalue weighted by molar-refractivity contribution is 1.18. The van der Waals surface area contributed by atoms with Crippen LogP contribution in [0, 0.1) is 0 Å². The fourth-order valence-electron chi connectivity index (χ4n) is 8.22. The van der Waals surface area contributed by atoms with Crippen LogP contribution >= 0.6 is 0 Å². The Morgan fingerprint density at radius 3 is 1.74 bits per heavy atom. The molecule has 8 aromatic carbocycles. The van der Waals surface area contributed by atoms with Crippen LogP contribution in [-0.2, 0) is 0 Å². The van der Waals surface area contributed by atoms with Crippen molar-refractivity contribution in [3.05, 3.63) is 188 Å². The average molecular weight is 674 g/mol. The molecule has 11 aromatic rings. The molecule has 0 fully saturated rings. The summed E-state index contributed by atoms with van der Waals surface area (Å²) in [6.45, 7) is 0. The van der Waals surface area contributed by atoms with Crippen LogP contribution < -0.4 is 0 Å². The van der Waals surface area contributed by atoms with Crippen LogP contribution in [0.3, 0.4) is 0 Å². The second kappa shape index (κ2) is 11.7. The van der Waals surface area contributed by atoms with Crippen LogP contribution in [0.15, 0.2) is 188 Å². The molecule has 3 nitrogen and oxygen atoms in total. The molecule has 0 radical (unpaired) electrons. The largest absolute Gasteiger partial charge is 0.309 e. The van der Waals surface area contributed by atoms with Crippen molar-refractivity contribution in [2.45, 2.75) is 0 Å². The van der Waals surface area contributed by atoms with Crippen LogP contribution in [0.25, 0.3) is 104 Å². The molecule has 0 aliphatic heterocycles. The number of benzene rings is 8. The predicted octanol–water partition coefficient (Wildman–Crippen LogP) is 13.2. The Morgan fingerprint density at radius 2 is 0.943 bits per heavy atom. The third kappa shape index (κ3) is 4.75. The van der Waals surface area contributed by atoms with Gasteiger partial charge in [-0.25, -0.2) is 9.97 Å². The summed E-state index contributed by atoms with van der Waals surface area (Å²) >= 11 is 0. The van der Waals surface area contributed by atoms with Gasteiger partial charge in [-0.2, -0.15) is 0 Å². The van der Waals surface area contributed by atoms with Crippen molar-refractivity contribution in [1.82, 2.24) is 14.5 Å². The van der Waals surface area contributed by atoms with Gasteiger partial charge in [0.2, 0.25) is 0 Å². The van der Waals surface area contributed by atoms with E-state index < -0.39 is 0 Å². The number of nitrogens with zero attached hydrogens (tertiary/aromatic N) is 3. The molecule has 0 N–H and O–H groups in total. The number of aromatic nitrogens is 3. The molecule has 0 atom stereocenters. The first-order chi connectivity index (χ1) is 26.3. The van der Waals surface area contributed by atoms with Crippen LogP contribution in [0.2, 0.25) is 0 Å². The zero-order chi connectivity index (χ0) is 34.9. The highest BCUT2D eigenvalue weighted by atomic mass is 15.0. The quantitative estimate of drug-likeness (QED) is 0.137. The number of pyridine rings is 2. The summed E-state index contributed by atoms with van der Waals surface area (Å²) in [5.74, 6) is 0. The number of fused-ring (bicyclic) bond motifs is 8.